The Balaban J connectivity index is 2.19. The maximum absolute atomic E-state index is 12.5. The van der Waals surface area contributed by atoms with E-state index in [9.17, 15) is 29.4 Å². The summed E-state index contributed by atoms with van der Waals surface area (Å²) in [6.07, 6.45) is -3.85. The van der Waals surface area contributed by atoms with Crippen molar-refractivity contribution in [2.24, 2.45) is 7.05 Å². The van der Waals surface area contributed by atoms with Crippen molar-refractivity contribution in [1.29, 1.82) is 0 Å². The summed E-state index contributed by atoms with van der Waals surface area (Å²) in [6, 6.07) is 1.13. The highest BCUT2D eigenvalue weighted by atomic mass is 16.9. The van der Waals surface area contributed by atoms with Crippen LogP contribution in [0.1, 0.15) is 20.1 Å². The molecule has 1 aromatic heterocycles. The van der Waals surface area contributed by atoms with Crippen molar-refractivity contribution in [3.8, 4) is 0 Å². The summed E-state index contributed by atoms with van der Waals surface area (Å²) in [7, 11) is 1.27. The number of carbonyl (C=O) groups excluding carboxylic acids is 2. The minimum Gasteiger partial charge on any atom is -0.463 e. The number of hydrogen-bond donors (Lipinski definition) is 2. The van der Waals surface area contributed by atoms with E-state index in [1.54, 1.807) is 0 Å². The molecule has 2 N–H and O–H groups in total. The van der Waals surface area contributed by atoms with Crippen molar-refractivity contribution in [3.05, 3.63) is 33.1 Å². The molecule has 0 radical (unpaired) electrons. The van der Waals surface area contributed by atoms with Crippen molar-refractivity contribution in [2.75, 3.05) is 33.0 Å². The number of nitrogens with zero attached hydrogens (tertiary/aromatic N) is 2. The Kier molecular flexibility index (Phi) is 10.1. The number of aliphatic hydroxyl groups excluding tert-OH is 2. The molecule has 0 saturated carbocycles. The van der Waals surface area contributed by atoms with E-state index in [4.69, 9.17) is 28.4 Å². The van der Waals surface area contributed by atoms with Crippen LogP contribution in [0.2, 0.25) is 0 Å². The summed E-state index contributed by atoms with van der Waals surface area (Å²) in [5.74, 6) is -1.04. The number of aromatic nitrogens is 2. The van der Waals surface area contributed by atoms with E-state index in [1.807, 2.05) is 0 Å². The van der Waals surface area contributed by atoms with Crippen LogP contribution in [0.25, 0.3) is 0 Å². The van der Waals surface area contributed by atoms with Gasteiger partial charge in [0.15, 0.2) is 6.23 Å². The van der Waals surface area contributed by atoms with Crippen molar-refractivity contribution in [3.63, 3.8) is 0 Å². The second-order valence-corrected chi connectivity index (χ2v) is 6.95. The van der Waals surface area contributed by atoms with Crippen molar-refractivity contribution >= 4 is 11.9 Å². The highest BCUT2D eigenvalue weighted by molar-refractivity contribution is 5.66. The molecule has 0 aromatic carbocycles. The molecule has 0 amide bonds. The second kappa shape index (κ2) is 12.6. The maximum Gasteiger partial charge on any atom is 0.332 e. The van der Waals surface area contributed by atoms with Gasteiger partial charge >= 0.3 is 17.6 Å². The third-order valence-corrected chi connectivity index (χ3v) is 4.54. The zero-order valence-electron chi connectivity index (χ0n) is 18.4. The molecule has 1 aromatic rings. The average molecular weight is 476 g/mol. The predicted octanol–water partition coefficient (Wildman–Crippen LogP) is -2.37. The third-order valence-electron chi connectivity index (χ3n) is 4.54. The van der Waals surface area contributed by atoms with Gasteiger partial charge in [0, 0.05) is 33.2 Å². The topological polar surface area (TPSA) is 174 Å². The Bertz CT molecular complexity index is 891. The molecule has 1 saturated heterocycles. The fourth-order valence-electron chi connectivity index (χ4n) is 2.94. The molecule has 0 unspecified atom stereocenters. The molecule has 1 aliphatic heterocycles. The lowest BCUT2D eigenvalue weighted by molar-refractivity contribution is -0.321. The number of hydrogen-bond acceptors (Lipinski definition) is 12. The van der Waals surface area contributed by atoms with E-state index in [1.165, 1.54) is 27.1 Å². The van der Waals surface area contributed by atoms with E-state index in [0.717, 1.165) is 15.2 Å². The molecule has 186 valence electrons. The van der Waals surface area contributed by atoms with Crippen molar-refractivity contribution in [1.82, 2.24) is 9.13 Å². The van der Waals surface area contributed by atoms with Gasteiger partial charge in [-0.05, 0) is 0 Å². The fourth-order valence-corrected chi connectivity index (χ4v) is 2.94. The summed E-state index contributed by atoms with van der Waals surface area (Å²) in [4.78, 5) is 46.1. The van der Waals surface area contributed by atoms with Crippen LogP contribution in [0.3, 0.4) is 0 Å². The molecule has 4 atom stereocenters. The first-order chi connectivity index (χ1) is 15.6. The first-order valence-corrected chi connectivity index (χ1v) is 10.0. The lowest BCUT2D eigenvalue weighted by atomic mass is 10.1. The monoisotopic (exact) mass is 476 g/mol. The molecule has 14 heteroatoms. The minimum atomic E-state index is -1.46. The summed E-state index contributed by atoms with van der Waals surface area (Å²) >= 11 is 0. The Hall–Kier alpha value is -2.62. The highest BCUT2D eigenvalue weighted by Gasteiger charge is 2.47. The van der Waals surface area contributed by atoms with Gasteiger partial charge in [-0.15, -0.1) is 0 Å². The fraction of sp³-hybridized carbons (Fsp3) is 0.684. The largest absolute Gasteiger partial charge is 0.463 e. The van der Waals surface area contributed by atoms with E-state index < -0.39 is 60.8 Å². The predicted molar refractivity (Wildman–Crippen MR) is 107 cm³/mol. The summed E-state index contributed by atoms with van der Waals surface area (Å²) < 4.78 is 33.5. The summed E-state index contributed by atoms with van der Waals surface area (Å²) in [5, 5.41) is 20.1. The molecule has 1 fully saturated rings. The Morgan fingerprint density at radius 3 is 2.18 bits per heavy atom. The highest BCUT2D eigenvalue weighted by Crippen LogP contribution is 2.31. The van der Waals surface area contributed by atoms with Gasteiger partial charge in [-0.3, -0.25) is 23.5 Å². The normalized spacial score (nSPS) is 22.5. The molecule has 2 rings (SSSR count). The number of rotatable bonds is 12. The molecular weight excluding hydrogens is 448 g/mol. The van der Waals surface area contributed by atoms with Crippen LogP contribution in [0.15, 0.2) is 21.9 Å². The smallest absolute Gasteiger partial charge is 0.332 e. The van der Waals surface area contributed by atoms with E-state index in [-0.39, 0.29) is 26.4 Å². The zero-order valence-corrected chi connectivity index (χ0v) is 18.4. The van der Waals surface area contributed by atoms with Crippen LogP contribution in [0.4, 0.5) is 0 Å². The molecule has 33 heavy (non-hydrogen) atoms. The van der Waals surface area contributed by atoms with Crippen LogP contribution >= 0.6 is 0 Å². The number of ether oxygens (including phenoxy) is 6. The first kappa shape index (κ1) is 26.6. The number of carbonyl (C=O) groups is 2. The average Bonchev–Trinajstić information content (AvgIpc) is 3.07. The van der Waals surface area contributed by atoms with Gasteiger partial charge in [-0.1, -0.05) is 0 Å². The molecule has 1 aliphatic rings. The molecule has 14 nitrogen and oxygen atoms in total. The summed E-state index contributed by atoms with van der Waals surface area (Å²) in [6.45, 7) is -0.110. The Labute approximate surface area is 188 Å². The standard InChI is InChI=1S/C19H28N2O12/c1-11(23)28-6-8-30-19(31-9-7-29-12(2)24)33-16-15(26)13(10-22)32-17(16)21-5-4-14(25)20(3)18(21)27/h4-5,13,15-17,19,22,26H,6-10H2,1-3H3/t13-,15-,16-,17-/m1/s1. The van der Waals surface area contributed by atoms with Gasteiger partial charge < -0.3 is 38.6 Å². The van der Waals surface area contributed by atoms with Crippen LogP contribution < -0.4 is 11.2 Å². The van der Waals surface area contributed by atoms with E-state index in [2.05, 4.69) is 0 Å². The van der Waals surface area contributed by atoms with Gasteiger partial charge in [0.25, 0.3) is 12.0 Å². The SMILES string of the molecule is CC(=O)OCCOC(OCCOC(C)=O)O[C@@H]1[C@H](O)[C@@H](CO)O[C@H]1n1ccc(=O)n(C)c1=O. The molecular formula is C19H28N2O12. The number of aliphatic hydroxyl groups is 2. The minimum absolute atomic E-state index is 0.116. The van der Waals surface area contributed by atoms with Crippen LogP contribution in [0, 0.1) is 0 Å². The van der Waals surface area contributed by atoms with Gasteiger partial charge in [0.1, 0.15) is 31.5 Å². The van der Waals surface area contributed by atoms with Crippen LogP contribution in [-0.2, 0) is 45.1 Å². The third kappa shape index (κ3) is 7.45. The van der Waals surface area contributed by atoms with Gasteiger partial charge in [-0.2, -0.15) is 0 Å². The van der Waals surface area contributed by atoms with Gasteiger partial charge in [0.2, 0.25) is 0 Å². The quantitative estimate of drug-likeness (QED) is 0.187. The van der Waals surface area contributed by atoms with E-state index >= 15 is 0 Å². The second-order valence-electron chi connectivity index (χ2n) is 6.95. The molecule has 0 aliphatic carbocycles. The summed E-state index contributed by atoms with van der Waals surface area (Å²) in [5.41, 5.74) is -1.29. The van der Waals surface area contributed by atoms with Gasteiger partial charge in [-0.25, -0.2) is 4.79 Å². The lowest BCUT2D eigenvalue weighted by Crippen LogP contribution is -2.44. The van der Waals surface area contributed by atoms with Crippen LogP contribution in [0.5, 0.6) is 0 Å². The van der Waals surface area contributed by atoms with Gasteiger partial charge in [0.05, 0.1) is 19.8 Å². The Morgan fingerprint density at radius 1 is 1.09 bits per heavy atom. The van der Waals surface area contributed by atoms with Crippen molar-refractivity contribution in [2.45, 2.75) is 44.9 Å². The Morgan fingerprint density at radius 2 is 1.67 bits per heavy atom. The lowest BCUT2D eigenvalue weighted by Gasteiger charge is -2.27. The van der Waals surface area contributed by atoms with Crippen molar-refractivity contribution < 1.29 is 48.2 Å². The molecule has 0 bridgehead atoms. The molecule has 0 spiro atoms. The van der Waals surface area contributed by atoms with E-state index in [0.29, 0.717) is 0 Å². The zero-order chi connectivity index (χ0) is 24.5. The number of esters is 2. The molecule has 2 heterocycles. The first-order valence-electron chi connectivity index (χ1n) is 10.0. The van der Waals surface area contributed by atoms with Crippen LogP contribution in [-0.4, -0.2) is 89.1 Å². The maximum atomic E-state index is 12.5.